The summed E-state index contributed by atoms with van der Waals surface area (Å²) in [7, 11) is 0. The third-order valence-electron chi connectivity index (χ3n) is 3.37. The molecule has 0 heterocycles. The highest BCUT2D eigenvalue weighted by Gasteiger charge is 2.15. The molecule has 0 fully saturated rings. The second-order valence-corrected chi connectivity index (χ2v) is 7.18. The molecule has 3 N–H and O–H groups in total. The summed E-state index contributed by atoms with van der Waals surface area (Å²) in [5, 5.41) is 2.75. The van der Waals surface area contributed by atoms with Crippen LogP contribution < -0.4 is 11.1 Å². The maximum atomic E-state index is 11.4. The fourth-order valence-electron chi connectivity index (χ4n) is 2.08. The lowest BCUT2D eigenvalue weighted by atomic mass is 10.2. The highest BCUT2D eigenvalue weighted by atomic mass is 16.6. The van der Waals surface area contributed by atoms with Crippen molar-refractivity contribution in [2.45, 2.75) is 64.9 Å². The van der Waals surface area contributed by atoms with E-state index in [2.05, 4.69) is 5.32 Å². The number of hydrogen-bond donors (Lipinski definition) is 2. The van der Waals surface area contributed by atoms with Gasteiger partial charge in [0.05, 0.1) is 26.4 Å². The number of unbranched alkanes of at least 4 members (excludes halogenated alkanes) is 4. The zero-order valence-electron chi connectivity index (χ0n) is 17.0. The van der Waals surface area contributed by atoms with E-state index in [4.69, 9.17) is 24.7 Å². The van der Waals surface area contributed by atoms with Crippen LogP contribution in [0.15, 0.2) is 0 Å². The van der Waals surface area contributed by atoms with Crippen molar-refractivity contribution in [3.63, 3.8) is 0 Å². The largest absolute Gasteiger partial charge is 0.444 e. The number of carbonyl (C=O) groups is 1. The van der Waals surface area contributed by atoms with Crippen molar-refractivity contribution in [1.82, 2.24) is 5.32 Å². The van der Waals surface area contributed by atoms with Crippen LogP contribution in [0.2, 0.25) is 0 Å². The zero-order valence-corrected chi connectivity index (χ0v) is 17.0. The number of alkyl carbamates (subject to hydrolysis) is 1. The lowest BCUT2D eigenvalue weighted by molar-refractivity contribution is 0.0132. The molecule has 7 heteroatoms. The topological polar surface area (TPSA) is 92.0 Å². The van der Waals surface area contributed by atoms with E-state index in [0.717, 1.165) is 51.7 Å². The Morgan fingerprint density at radius 2 is 1.27 bits per heavy atom. The number of amides is 1. The van der Waals surface area contributed by atoms with Gasteiger partial charge in [-0.15, -0.1) is 0 Å². The average Bonchev–Trinajstić information content (AvgIpc) is 2.56. The van der Waals surface area contributed by atoms with Crippen LogP contribution in [0.25, 0.3) is 0 Å². The number of nitrogens with one attached hydrogen (secondary N) is 1. The minimum atomic E-state index is -0.448. The van der Waals surface area contributed by atoms with Gasteiger partial charge in [-0.3, -0.25) is 0 Å². The number of hydrogen-bond acceptors (Lipinski definition) is 6. The van der Waals surface area contributed by atoms with E-state index in [1.54, 1.807) is 0 Å². The number of rotatable bonds is 17. The molecule has 0 aliphatic carbocycles. The lowest BCUT2D eigenvalue weighted by Crippen LogP contribution is -2.33. The molecule has 0 saturated carbocycles. The van der Waals surface area contributed by atoms with Gasteiger partial charge >= 0.3 is 6.09 Å². The minimum absolute atomic E-state index is 0.356. The zero-order chi connectivity index (χ0) is 19.5. The van der Waals surface area contributed by atoms with Gasteiger partial charge in [0.2, 0.25) is 0 Å². The first-order valence-corrected chi connectivity index (χ1v) is 9.86. The van der Waals surface area contributed by atoms with Gasteiger partial charge in [0.1, 0.15) is 5.60 Å². The lowest BCUT2D eigenvalue weighted by Gasteiger charge is -2.19. The molecule has 7 nitrogen and oxygen atoms in total. The summed E-state index contributed by atoms with van der Waals surface area (Å²) in [5.74, 6) is 0. The Hall–Kier alpha value is -0.890. The average molecular weight is 377 g/mol. The molecular formula is C19H40N2O5. The first-order valence-electron chi connectivity index (χ1n) is 9.86. The molecule has 0 aromatic rings. The van der Waals surface area contributed by atoms with E-state index in [0.29, 0.717) is 39.6 Å². The third-order valence-corrected chi connectivity index (χ3v) is 3.37. The highest BCUT2D eigenvalue weighted by molar-refractivity contribution is 5.67. The van der Waals surface area contributed by atoms with Gasteiger partial charge in [0.25, 0.3) is 0 Å². The van der Waals surface area contributed by atoms with Crippen LogP contribution in [-0.4, -0.2) is 64.4 Å². The summed E-state index contributed by atoms with van der Waals surface area (Å²) in [6, 6.07) is 0. The Balaban J connectivity index is 3.12. The molecular weight excluding hydrogens is 336 g/mol. The molecule has 0 aliphatic heterocycles. The molecule has 0 saturated heterocycles. The summed E-state index contributed by atoms with van der Waals surface area (Å²) in [6.45, 7) is 10.9. The maximum Gasteiger partial charge on any atom is 0.407 e. The summed E-state index contributed by atoms with van der Waals surface area (Å²) in [6.07, 6.45) is 5.80. The van der Waals surface area contributed by atoms with Crippen LogP contribution in [0.4, 0.5) is 4.79 Å². The Labute approximate surface area is 159 Å². The monoisotopic (exact) mass is 376 g/mol. The van der Waals surface area contributed by atoms with Crippen LogP contribution >= 0.6 is 0 Å². The van der Waals surface area contributed by atoms with Crippen molar-refractivity contribution in [1.29, 1.82) is 0 Å². The predicted molar refractivity (Wildman–Crippen MR) is 103 cm³/mol. The number of nitrogens with two attached hydrogens (primary N) is 1. The van der Waals surface area contributed by atoms with E-state index in [1.165, 1.54) is 0 Å². The molecule has 0 spiro atoms. The van der Waals surface area contributed by atoms with Crippen molar-refractivity contribution in [2.75, 3.05) is 52.7 Å². The maximum absolute atomic E-state index is 11.4. The van der Waals surface area contributed by atoms with Gasteiger partial charge in [0.15, 0.2) is 0 Å². The Morgan fingerprint density at radius 3 is 1.77 bits per heavy atom. The molecule has 156 valence electrons. The van der Waals surface area contributed by atoms with Crippen LogP contribution in [0.5, 0.6) is 0 Å². The second kappa shape index (κ2) is 17.5. The second-order valence-electron chi connectivity index (χ2n) is 7.18. The van der Waals surface area contributed by atoms with Crippen molar-refractivity contribution >= 4 is 6.09 Å². The van der Waals surface area contributed by atoms with Crippen molar-refractivity contribution < 1.29 is 23.7 Å². The number of carbonyl (C=O) groups excluding carboxylic acids is 1. The third kappa shape index (κ3) is 21.2. The van der Waals surface area contributed by atoms with E-state index in [-0.39, 0.29) is 6.09 Å². The van der Waals surface area contributed by atoms with Crippen LogP contribution in [0, 0.1) is 0 Å². The van der Waals surface area contributed by atoms with Gasteiger partial charge in [-0.25, -0.2) is 4.79 Å². The summed E-state index contributed by atoms with van der Waals surface area (Å²) in [5.41, 5.74) is 4.98. The predicted octanol–water partition coefficient (Wildman–Crippen LogP) is 2.86. The molecule has 0 radical (unpaired) electrons. The normalized spacial score (nSPS) is 11.5. The van der Waals surface area contributed by atoms with Crippen molar-refractivity contribution in [3.8, 4) is 0 Å². The molecule has 0 unspecified atom stereocenters. The highest BCUT2D eigenvalue weighted by Crippen LogP contribution is 2.06. The van der Waals surface area contributed by atoms with Gasteiger partial charge in [-0.1, -0.05) is 0 Å². The summed E-state index contributed by atoms with van der Waals surface area (Å²) < 4.78 is 21.6. The van der Waals surface area contributed by atoms with Gasteiger partial charge in [-0.05, 0) is 65.8 Å². The van der Waals surface area contributed by atoms with Gasteiger partial charge < -0.3 is 30.0 Å². The Bertz CT molecular complexity index is 322. The van der Waals surface area contributed by atoms with Crippen molar-refractivity contribution in [2.24, 2.45) is 5.73 Å². The van der Waals surface area contributed by atoms with Gasteiger partial charge in [-0.2, -0.15) is 0 Å². The first kappa shape index (κ1) is 25.1. The van der Waals surface area contributed by atoms with E-state index in [9.17, 15) is 4.79 Å². The van der Waals surface area contributed by atoms with E-state index >= 15 is 0 Å². The molecule has 0 aromatic carbocycles. The molecule has 0 atom stereocenters. The standard InChI is InChI=1S/C19H40N2O5/c1-19(2,3)26-18(22)21-11-7-5-9-13-24-15-17-25-16-14-23-12-8-4-6-10-20/h4-17,20H2,1-3H3,(H,21,22). The minimum Gasteiger partial charge on any atom is -0.444 e. The molecule has 0 aliphatic rings. The van der Waals surface area contributed by atoms with E-state index in [1.807, 2.05) is 20.8 Å². The fourth-order valence-corrected chi connectivity index (χ4v) is 2.08. The van der Waals surface area contributed by atoms with Crippen molar-refractivity contribution in [3.05, 3.63) is 0 Å². The fraction of sp³-hybridized carbons (Fsp3) is 0.947. The van der Waals surface area contributed by atoms with Crippen LogP contribution in [-0.2, 0) is 18.9 Å². The molecule has 26 heavy (non-hydrogen) atoms. The Morgan fingerprint density at radius 1 is 0.769 bits per heavy atom. The Kier molecular flexibility index (Phi) is 16.9. The van der Waals surface area contributed by atoms with E-state index < -0.39 is 5.60 Å². The number of ether oxygens (including phenoxy) is 4. The molecule has 1 amide bonds. The van der Waals surface area contributed by atoms with Gasteiger partial charge in [0, 0.05) is 19.8 Å². The SMILES string of the molecule is CC(C)(C)OC(=O)NCCCCCOCCOCCOCCCCCN. The quantitative estimate of drug-likeness (QED) is 0.379. The van der Waals surface area contributed by atoms with Crippen LogP contribution in [0.1, 0.15) is 59.3 Å². The molecule has 0 rings (SSSR count). The smallest absolute Gasteiger partial charge is 0.407 e. The summed E-state index contributed by atoms with van der Waals surface area (Å²) in [4.78, 5) is 11.4. The summed E-state index contributed by atoms with van der Waals surface area (Å²) >= 11 is 0. The molecule has 0 aromatic heterocycles. The first-order chi connectivity index (χ1) is 12.5. The van der Waals surface area contributed by atoms with Crippen LogP contribution in [0.3, 0.4) is 0 Å². The molecule has 0 bridgehead atoms.